The third-order valence-electron chi connectivity index (χ3n) is 8.74. The minimum Gasteiger partial charge on any atom is -0.238 e. The molecule has 0 fully saturated rings. The Morgan fingerprint density at radius 2 is 0.800 bits per heavy atom. The van der Waals surface area contributed by atoms with Crippen molar-refractivity contribution in [3.63, 3.8) is 0 Å². The zero-order valence-corrected chi connectivity index (χ0v) is 26.8. The highest BCUT2D eigenvalue weighted by molar-refractivity contribution is 5.91. The first-order chi connectivity index (χ1) is 24.6. The molecule has 0 radical (unpaired) electrons. The third kappa shape index (κ3) is 6.11. The molecule has 1 heterocycles. The summed E-state index contributed by atoms with van der Waals surface area (Å²) in [6.45, 7) is 7.36. The van der Waals surface area contributed by atoms with Crippen LogP contribution < -0.4 is 0 Å². The van der Waals surface area contributed by atoms with Crippen LogP contribution in [0.5, 0.6) is 0 Å². The summed E-state index contributed by atoms with van der Waals surface area (Å²) in [7, 11) is 0. The number of benzene rings is 7. The van der Waals surface area contributed by atoms with Gasteiger partial charge in [0.15, 0.2) is 23.2 Å². The molecular weight excluding hydrogens is 611 g/mol. The van der Waals surface area contributed by atoms with Crippen LogP contribution in [0.1, 0.15) is 5.56 Å². The van der Waals surface area contributed by atoms with Crippen LogP contribution in [-0.4, -0.2) is 15.0 Å². The van der Waals surface area contributed by atoms with Gasteiger partial charge in [0.1, 0.15) is 0 Å². The Morgan fingerprint density at radius 1 is 0.400 bits per heavy atom. The molecule has 0 atom stereocenters. The van der Waals surface area contributed by atoms with E-state index in [0.717, 1.165) is 60.8 Å². The molecule has 7 aromatic carbocycles. The molecule has 0 aliphatic carbocycles. The number of nitriles is 1. The second-order valence-electron chi connectivity index (χ2n) is 12.0. The van der Waals surface area contributed by atoms with Crippen LogP contribution in [0.25, 0.3) is 83.2 Å². The fraction of sp³-hybridized carbons (Fsp3) is 0. The van der Waals surface area contributed by atoms with Crippen LogP contribution in [-0.2, 0) is 0 Å². The molecule has 8 rings (SSSR count). The quantitative estimate of drug-likeness (QED) is 0.170. The van der Waals surface area contributed by atoms with E-state index >= 15 is 0 Å². The topological polar surface area (TPSA) is 66.8 Å². The van der Waals surface area contributed by atoms with E-state index in [4.69, 9.17) is 21.5 Å². The minimum atomic E-state index is 0.464. The molecule has 5 nitrogen and oxygen atoms in total. The maximum absolute atomic E-state index is 9.37. The zero-order valence-electron chi connectivity index (χ0n) is 26.8. The van der Waals surface area contributed by atoms with Crippen molar-refractivity contribution in [3.8, 4) is 73.6 Å². The van der Waals surface area contributed by atoms with Crippen LogP contribution >= 0.6 is 0 Å². The summed E-state index contributed by atoms with van der Waals surface area (Å²) in [5.41, 5.74) is 10.1. The Morgan fingerprint density at radius 3 is 1.24 bits per heavy atom. The van der Waals surface area contributed by atoms with E-state index in [1.165, 1.54) is 0 Å². The highest BCUT2D eigenvalue weighted by atomic mass is 15.0. The van der Waals surface area contributed by atoms with Crippen LogP contribution in [0.15, 0.2) is 164 Å². The summed E-state index contributed by atoms with van der Waals surface area (Å²) in [6, 6.07) is 57.1. The third-order valence-corrected chi connectivity index (χ3v) is 8.74. The standard InChI is InChI=1S/C45H27N5/c1-47-42-25-30(29-46)24-41(28-42)33-14-12-31(13-15-33)37-20-22-40-27-38(21-23-39(40)26-37)32-16-18-36(19-17-32)45-49-43(34-8-4-2-5-9-34)48-44(50-45)35-10-6-3-7-11-35/h2-28H. The van der Waals surface area contributed by atoms with Crippen molar-refractivity contribution in [1.29, 1.82) is 5.26 Å². The summed E-state index contributed by atoms with van der Waals surface area (Å²) in [4.78, 5) is 18.1. The second-order valence-corrected chi connectivity index (χ2v) is 12.0. The summed E-state index contributed by atoms with van der Waals surface area (Å²) >= 11 is 0. The highest BCUT2D eigenvalue weighted by Crippen LogP contribution is 2.32. The van der Waals surface area contributed by atoms with Crippen LogP contribution in [0.4, 0.5) is 5.69 Å². The summed E-state index contributed by atoms with van der Waals surface area (Å²) < 4.78 is 0. The number of aromatic nitrogens is 3. The lowest BCUT2D eigenvalue weighted by Gasteiger charge is -2.10. The van der Waals surface area contributed by atoms with Crippen molar-refractivity contribution in [1.82, 2.24) is 15.0 Å². The first-order valence-corrected chi connectivity index (χ1v) is 16.2. The molecule has 232 valence electrons. The van der Waals surface area contributed by atoms with Crippen molar-refractivity contribution in [2.45, 2.75) is 0 Å². The van der Waals surface area contributed by atoms with Crippen LogP contribution in [0.3, 0.4) is 0 Å². The molecule has 0 N–H and O–H groups in total. The number of hydrogen-bond acceptors (Lipinski definition) is 4. The van der Waals surface area contributed by atoms with Crippen LogP contribution in [0, 0.1) is 17.9 Å². The van der Waals surface area contributed by atoms with E-state index < -0.39 is 0 Å². The maximum Gasteiger partial charge on any atom is 0.189 e. The molecule has 0 amide bonds. The fourth-order valence-electron chi connectivity index (χ4n) is 6.12. The predicted octanol–water partition coefficient (Wildman–Crippen LogP) is 11.4. The maximum atomic E-state index is 9.37. The minimum absolute atomic E-state index is 0.464. The Hall–Kier alpha value is -7.21. The van der Waals surface area contributed by atoms with Gasteiger partial charge < -0.3 is 0 Å². The Kier molecular flexibility index (Phi) is 7.91. The van der Waals surface area contributed by atoms with Crippen molar-refractivity contribution < 1.29 is 0 Å². The van der Waals surface area contributed by atoms with E-state index in [9.17, 15) is 5.26 Å². The number of nitrogens with zero attached hydrogens (tertiary/aromatic N) is 5. The van der Waals surface area contributed by atoms with E-state index in [-0.39, 0.29) is 0 Å². The Bertz CT molecular complexity index is 2490. The summed E-state index contributed by atoms with van der Waals surface area (Å²) in [5, 5.41) is 11.7. The van der Waals surface area contributed by atoms with E-state index in [2.05, 4.69) is 83.7 Å². The summed E-state index contributed by atoms with van der Waals surface area (Å²) in [5.74, 6) is 1.92. The van der Waals surface area contributed by atoms with Gasteiger partial charge in [0.25, 0.3) is 0 Å². The van der Waals surface area contributed by atoms with Gasteiger partial charge in [-0.3, -0.25) is 0 Å². The predicted molar refractivity (Wildman–Crippen MR) is 201 cm³/mol. The first kappa shape index (κ1) is 30.1. The zero-order chi connectivity index (χ0) is 33.9. The molecule has 8 aromatic rings. The first-order valence-electron chi connectivity index (χ1n) is 16.2. The molecule has 0 aliphatic rings. The molecule has 0 aliphatic heterocycles. The van der Waals surface area contributed by atoms with Gasteiger partial charge in [-0.15, -0.1) is 0 Å². The van der Waals surface area contributed by atoms with Gasteiger partial charge in [0.2, 0.25) is 0 Å². The molecule has 5 heteroatoms. The lowest BCUT2D eigenvalue weighted by Crippen LogP contribution is -2.00. The second kappa shape index (κ2) is 13.1. The number of hydrogen-bond donors (Lipinski definition) is 0. The van der Waals surface area contributed by atoms with Crippen molar-refractivity contribution >= 4 is 16.5 Å². The van der Waals surface area contributed by atoms with Gasteiger partial charge in [-0.1, -0.05) is 133 Å². The van der Waals surface area contributed by atoms with Gasteiger partial charge in [-0.25, -0.2) is 19.8 Å². The van der Waals surface area contributed by atoms with Gasteiger partial charge in [-0.2, -0.15) is 5.26 Å². The van der Waals surface area contributed by atoms with Crippen LogP contribution in [0.2, 0.25) is 0 Å². The molecule has 1 aromatic heterocycles. The SMILES string of the molecule is [C-]#[N+]c1cc(C#N)cc(-c2ccc(-c3ccc4cc(-c5ccc(-c6nc(-c7ccccc7)nc(-c7ccccc7)n6)cc5)ccc4c3)cc2)c1. The van der Waals surface area contributed by atoms with Gasteiger partial charge in [0.05, 0.1) is 12.6 Å². The lowest BCUT2D eigenvalue weighted by molar-refractivity contribution is 1.07. The average molecular weight is 638 g/mol. The summed E-state index contributed by atoms with van der Waals surface area (Å²) in [6.07, 6.45) is 0. The monoisotopic (exact) mass is 637 g/mol. The van der Waals surface area contributed by atoms with Gasteiger partial charge >= 0.3 is 0 Å². The Labute approximate surface area is 290 Å². The van der Waals surface area contributed by atoms with Gasteiger partial charge in [-0.05, 0) is 74.5 Å². The van der Waals surface area contributed by atoms with Gasteiger partial charge in [0, 0.05) is 22.3 Å². The number of fused-ring (bicyclic) bond motifs is 1. The van der Waals surface area contributed by atoms with Crippen molar-refractivity contribution in [2.24, 2.45) is 0 Å². The number of rotatable bonds is 6. The molecule has 0 spiro atoms. The van der Waals surface area contributed by atoms with E-state index in [0.29, 0.717) is 28.7 Å². The molecule has 50 heavy (non-hydrogen) atoms. The average Bonchev–Trinajstić information content (AvgIpc) is 3.21. The largest absolute Gasteiger partial charge is 0.238 e. The van der Waals surface area contributed by atoms with Crippen molar-refractivity contribution in [3.05, 3.63) is 181 Å². The highest BCUT2D eigenvalue weighted by Gasteiger charge is 2.13. The molecule has 0 saturated heterocycles. The molecular formula is C45H27N5. The van der Waals surface area contributed by atoms with Crippen molar-refractivity contribution in [2.75, 3.05) is 0 Å². The van der Waals surface area contributed by atoms with E-state index in [1.807, 2.05) is 84.9 Å². The Balaban J connectivity index is 1.06. The van der Waals surface area contributed by atoms with E-state index in [1.54, 1.807) is 6.07 Å². The molecule has 0 unspecified atom stereocenters. The smallest absolute Gasteiger partial charge is 0.189 e. The fourth-order valence-corrected chi connectivity index (χ4v) is 6.12. The molecule has 0 bridgehead atoms. The lowest BCUT2D eigenvalue weighted by atomic mass is 9.96. The normalized spacial score (nSPS) is 10.8. The molecule has 0 saturated carbocycles.